The number of carbonyl (C=O) groups is 3. The Hall–Kier alpha value is -7.15. The number of likely N-dealkylation sites (tertiary alicyclic amines) is 2. The number of amides is 2. The van der Waals surface area contributed by atoms with E-state index in [0.717, 1.165) is 69.7 Å². The van der Waals surface area contributed by atoms with Crippen LogP contribution in [0, 0.1) is 0 Å². The van der Waals surface area contributed by atoms with E-state index < -0.39 is 12.0 Å². The van der Waals surface area contributed by atoms with E-state index in [1.807, 2.05) is 169 Å². The van der Waals surface area contributed by atoms with Gasteiger partial charge in [-0.1, -0.05) is 140 Å². The summed E-state index contributed by atoms with van der Waals surface area (Å²) in [6, 6.07) is 44.4. The standard InChI is InChI=1S/C54H56N8O4/c1-59(2)48(41-18-10-6-11-19-41)52(63)61-32-14-22-44(61)50-55-34-43(56-50)39-28-24-37(25-29-39)38-26-30-40(31-27-38)46-47(54(65)66-35-36-16-8-5-9-17-36)58-51(57-46)45-23-15-33-62(45)53(64)49(60(3)4)42-20-12-7-13-21-42/h5-13,16-21,24-31,34,44-45,48-49H,14-15,22-23,32-33,35H2,1-4H3,(H,55,56)(H,57,58)/t44-,45-,48+,49+/m0/s1. The van der Waals surface area contributed by atoms with Crippen molar-refractivity contribution in [2.24, 2.45) is 0 Å². The molecule has 5 aromatic carbocycles. The van der Waals surface area contributed by atoms with Gasteiger partial charge < -0.3 is 24.5 Å². The Balaban J connectivity index is 0.939. The fourth-order valence-corrected chi connectivity index (χ4v) is 9.55. The number of nitrogens with zero attached hydrogens (tertiary/aromatic N) is 6. The van der Waals surface area contributed by atoms with E-state index in [2.05, 4.69) is 34.2 Å². The van der Waals surface area contributed by atoms with Crippen LogP contribution in [0.4, 0.5) is 0 Å². The van der Waals surface area contributed by atoms with Gasteiger partial charge in [-0.3, -0.25) is 19.4 Å². The first-order valence-electron chi connectivity index (χ1n) is 22.8. The zero-order chi connectivity index (χ0) is 45.7. The van der Waals surface area contributed by atoms with Crippen LogP contribution < -0.4 is 0 Å². The molecule has 0 unspecified atom stereocenters. The maximum Gasteiger partial charge on any atom is 0.357 e. The first-order chi connectivity index (χ1) is 32.1. The summed E-state index contributed by atoms with van der Waals surface area (Å²) in [7, 11) is 7.74. The maximum atomic E-state index is 14.3. The largest absolute Gasteiger partial charge is 0.456 e. The Kier molecular flexibility index (Phi) is 13.0. The average Bonchev–Trinajstić information content (AvgIpc) is 4.19. The zero-order valence-corrected chi connectivity index (χ0v) is 37.9. The summed E-state index contributed by atoms with van der Waals surface area (Å²) in [5.41, 5.74) is 8.16. The lowest BCUT2D eigenvalue weighted by molar-refractivity contribution is -0.138. The van der Waals surface area contributed by atoms with Gasteiger partial charge in [0.2, 0.25) is 11.8 Å². The molecule has 0 aliphatic carbocycles. The van der Waals surface area contributed by atoms with Gasteiger partial charge in [0.15, 0.2) is 5.69 Å². The fraction of sp³-hybridized carbons (Fsp3) is 0.278. The van der Waals surface area contributed by atoms with Crippen LogP contribution >= 0.6 is 0 Å². The van der Waals surface area contributed by atoms with Gasteiger partial charge in [0, 0.05) is 18.7 Å². The molecule has 336 valence electrons. The van der Waals surface area contributed by atoms with Gasteiger partial charge in [0.25, 0.3) is 0 Å². The number of hydrogen-bond acceptors (Lipinski definition) is 8. The molecule has 2 aliphatic rings. The number of H-pyrrole nitrogens is 2. The lowest BCUT2D eigenvalue weighted by Gasteiger charge is -2.31. The van der Waals surface area contributed by atoms with E-state index in [1.165, 1.54) is 0 Å². The number of rotatable bonds is 14. The lowest BCUT2D eigenvalue weighted by atomic mass is 10.0. The Labute approximate surface area is 386 Å². The van der Waals surface area contributed by atoms with E-state index in [0.29, 0.717) is 31.0 Å². The first kappa shape index (κ1) is 44.1. The van der Waals surface area contributed by atoms with Gasteiger partial charge in [-0.05, 0) is 87.3 Å². The summed E-state index contributed by atoms with van der Waals surface area (Å²) < 4.78 is 5.85. The SMILES string of the molecule is CN(C)[C@@H](C(=O)N1CCC[C@H]1c1ncc(-c2ccc(-c3ccc(-c4nc([C@@H]5CCCN5C(=O)[C@@H](c5ccccc5)N(C)C)[nH]c4C(=O)OCc4ccccc4)cc3)cc2)[nH]1)c1ccccc1. The summed E-state index contributed by atoms with van der Waals surface area (Å²) >= 11 is 0. The van der Waals surface area contributed by atoms with Gasteiger partial charge in [0.1, 0.15) is 36.0 Å². The molecule has 4 atom stereocenters. The van der Waals surface area contributed by atoms with Crippen molar-refractivity contribution in [3.63, 3.8) is 0 Å². The van der Waals surface area contributed by atoms with Crippen molar-refractivity contribution in [3.05, 3.63) is 180 Å². The van der Waals surface area contributed by atoms with Crippen molar-refractivity contribution in [1.82, 2.24) is 39.5 Å². The average molecular weight is 881 g/mol. The number of carbonyl (C=O) groups excluding carboxylic acids is 3. The topological polar surface area (TPSA) is 131 Å². The van der Waals surface area contributed by atoms with Crippen LogP contribution in [0.25, 0.3) is 33.6 Å². The van der Waals surface area contributed by atoms with Crippen LogP contribution in [0.5, 0.6) is 0 Å². The minimum absolute atomic E-state index is 0.00650. The quantitative estimate of drug-likeness (QED) is 0.103. The van der Waals surface area contributed by atoms with Crippen molar-refractivity contribution >= 4 is 17.8 Å². The van der Waals surface area contributed by atoms with Gasteiger partial charge in [-0.15, -0.1) is 0 Å². The molecule has 12 nitrogen and oxygen atoms in total. The molecule has 2 fully saturated rings. The predicted molar refractivity (Wildman–Crippen MR) is 256 cm³/mol. The molecule has 66 heavy (non-hydrogen) atoms. The smallest absolute Gasteiger partial charge is 0.357 e. The highest BCUT2D eigenvalue weighted by molar-refractivity contribution is 5.95. The number of aromatic nitrogens is 4. The fourth-order valence-electron chi connectivity index (χ4n) is 9.55. The molecule has 2 saturated heterocycles. The Morgan fingerprint density at radius 1 is 0.606 bits per heavy atom. The van der Waals surface area contributed by atoms with E-state index >= 15 is 0 Å². The summed E-state index contributed by atoms with van der Waals surface area (Å²) in [4.78, 5) is 66.8. The number of nitrogens with one attached hydrogen (secondary N) is 2. The third-order valence-electron chi connectivity index (χ3n) is 12.9. The van der Waals surface area contributed by atoms with Gasteiger partial charge in [-0.25, -0.2) is 14.8 Å². The molecular formula is C54H56N8O4. The van der Waals surface area contributed by atoms with Crippen LogP contribution in [0.2, 0.25) is 0 Å². The van der Waals surface area contributed by atoms with E-state index in [9.17, 15) is 14.4 Å². The number of benzene rings is 5. The van der Waals surface area contributed by atoms with Gasteiger partial charge >= 0.3 is 5.97 Å². The third-order valence-corrected chi connectivity index (χ3v) is 12.9. The molecule has 0 radical (unpaired) electrons. The summed E-state index contributed by atoms with van der Waals surface area (Å²) in [5, 5.41) is 0. The van der Waals surface area contributed by atoms with Crippen molar-refractivity contribution in [2.45, 2.75) is 56.5 Å². The summed E-state index contributed by atoms with van der Waals surface area (Å²) in [6.45, 7) is 1.40. The highest BCUT2D eigenvalue weighted by atomic mass is 16.5. The highest BCUT2D eigenvalue weighted by Gasteiger charge is 2.39. The van der Waals surface area contributed by atoms with Crippen molar-refractivity contribution in [1.29, 1.82) is 0 Å². The molecule has 4 heterocycles. The predicted octanol–water partition coefficient (Wildman–Crippen LogP) is 9.42. The van der Waals surface area contributed by atoms with Gasteiger partial charge in [-0.2, -0.15) is 0 Å². The normalized spacial score (nSPS) is 17.1. The Morgan fingerprint density at radius 2 is 1.08 bits per heavy atom. The van der Waals surface area contributed by atoms with Crippen LogP contribution in [-0.4, -0.2) is 98.6 Å². The van der Waals surface area contributed by atoms with Crippen LogP contribution in [0.15, 0.2) is 146 Å². The monoisotopic (exact) mass is 880 g/mol. The molecule has 2 aliphatic heterocycles. The van der Waals surface area contributed by atoms with Crippen LogP contribution in [-0.2, 0) is 20.9 Å². The van der Waals surface area contributed by atoms with Crippen molar-refractivity contribution in [2.75, 3.05) is 41.3 Å². The van der Waals surface area contributed by atoms with Crippen LogP contribution in [0.1, 0.15) is 88.7 Å². The second-order valence-corrected chi connectivity index (χ2v) is 17.7. The minimum atomic E-state index is -0.516. The molecule has 7 aromatic rings. The van der Waals surface area contributed by atoms with Crippen molar-refractivity contribution < 1.29 is 19.1 Å². The molecule has 0 saturated carbocycles. The number of hydrogen-bond donors (Lipinski definition) is 2. The second-order valence-electron chi connectivity index (χ2n) is 17.7. The number of aromatic amines is 2. The zero-order valence-electron chi connectivity index (χ0n) is 37.9. The Morgan fingerprint density at radius 3 is 1.59 bits per heavy atom. The summed E-state index contributed by atoms with van der Waals surface area (Å²) in [5.74, 6) is 0.916. The van der Waals surface area contributed by atoms with Crippen molar-refractivity contribution in [3.8, 4) is 33.6 Å². The summed E-state index contributed by atoms with van der Waals surface area (Å²) in [6.07, 6.45) is 5.15. The second kappa shape index (κ2) is 19.5. The van der Waals surface area contributed by atoms with E-state index in [-0.39, 0.29) is 42.2 Å². The third kappa shape index (κ3) is 9.20. The first-order valence-corrected chi connectivity index (χ1v) is 22.8. The molecule has 2 aromatic heterocycles. The maximum absolute atomic E-state index is 14.3. The Bertz CT molecular complexity index is 2750. The molecule has 2 N–H and O–H groups in total. The molecular weight excluding hydrogens is 825 g/mol. The molecule has 9 rings (SSSR count). The van der Waals surface area contributed by atoms with E-state index in [1.54, 1.807) is 0 Å². The number of ether oxygens (including phenoxy) is 1. The number of imidazole rings is 2. The molecule has 2 amide bonds. The highest BCUT2D eigenvalue weighted by Crippen LogP contribution is 2.38. The molecule has 0 spiro atoms. The van der Waals surface area contributed by atoms with Gasteiger partial charge in [0.05, 0.1) is 24.0 Å². The lowest BCUT2D eigenvalue weighted by Crippen LogP contribution is -2.40. The number of likely N-dealkylation sites (N-methyl/N-ethyl adjacent to an activating group) is 2. The van der Waals surface area contributed by atoms with Crippen LogP contribution in [0.3, 0.4) is 0 Å². The molecule has 12 heteroatoms. The molecule has 0 bridgehead atoms. The van der Waals surface area contributed by atoms with E-state index in [4.69, 9.17) is 14.7 Å². The number of esters is 1. The minimum Gasteiger partial charge on any atom is -0.456 e.